The first-order valence-electron chi connectivity index (χ1n) is 12.7. The zero-order valence-corrected chi connectivity index (χ0v) is 20.5. The summed E-state index contributed by atoms with van der Waals surface area (Å²) in [6.45, 7) is 1.57. The first kappa shape index (κ1) is 23.3. The molecular weight excluding hydrogens is 466 g/mol. The van der Waals surface area contributed by atoms with Gasteiger partial charge in [-0.3, -0.25) is 19.3 Å². The first-order valence-corrected chi connectivity index (χ1v) is 12.7. The van der Waals surface area contributed by atoms with Gasteiger partial charge in [0.15, 0.2) is 12.4 Å². The number of hydrogen-bond donors (Lipinski definition) is 0. The minimum atomic E-state index is -0.633. The summed E-state index contributed by atoms with van der Waals surface area (Å²) in [5, 5.41) is 0. The molecule has 3 aliphatic rings. The predicted octanol–water partition coefficient (Wildman–Crippen LogP) is 4.96. The van der Waals surface area contributed by atoms with Crippen molar-refractivity contribution in [1.29, 1.82) is 0 Å². The van der Waals surface area contributed by atoms with Crippen molar-refractivity contribution < 1.29 is 23.9 Å². The van der Waals surface area contributed by atoms with Gasteiger partial charge in [-0.2, -0.15) is 0 Å². The molecule has 6 heteroatoms. The van der Waals surface area contributed by atoms with E-state index in [1.807, 2.05) is 37.3 Å². The molecule has 0 unspecified atom stereocenters. The molecule has 2 amide bonds. The van der Waals surface area contributed by atoms with Crippen molar-refractivity contribution in [3.63, 3.8) is 0 Å². The number of anilines is 1. The smallest absolute Gasteiger partial charge is 0.338 e. The number of aryl methyl sites for hydroxylation is 1. The van der Waals surface area contributed by atoms with Crippen LogP contribution in [0.5, 0.6) is 0 Å². The fourth-order valence-electron chi connectivity index (χ4n) is 6.58. The highest BCUT2D eigenvalue weighted by molar-refractivity contribution is 6.22. The lowest BCUT2D eigenvalue weighted by molar-refractivity contribution is -0.123. The lowest BCUT2D eigenvalue weighted by Crippen LogP contribution is -2.33. The van der Waals surface area contributed by atoms with Crippen LogP contribution < -0.4 is 4.90 Å². The Balaban J connectivity index is 1.13. The predicted molar refractivity (Wildman–Crippen MR) is 137 cm³/mol. The number of benzene rings is 3. The summed E-state index contributed by atoms with van der Waals surface area (Å²) >= 11 is 0. The van der Waals surface area contributed by atoms with Gasteiger partial charge in [-0.25, -0.2) is 4.79 Å². The van der Waals surface area contributed by atoms with E-state index in [2.05, 4.69) is 12.1 Å². The number of imide groups is 1. The van der Waals surface area contributed by atoms with Gasteiger partial charge in [-0.05, 0) is 67.3 Å². The Kier molecular flexibility index (Phi) is 5.75. The van der Waals surface area contributed by atoms with E-state index in [-0.39, 0.29) is 53.4 Å². The molecule has 2 saturated carbocycles. The van der Waals surface area contributed by atoms with E-state index in [9.17, 15) is 19.2 Å². The molecule has 1 saturated heterocycles. The molecule has 6 nitrogen and oxygen atoms in total. The summed E-state index contributed by atoms with van der Waals surface area (Å²) < 4.78 is 5.20. The Labute approximate surface area is 215 Å². The quantitative estimate of drug-likeness (QED) is 0.275. The molecule has 0 N–H and O–H groups in total. The molecule has 1 aliphatic heterocycles. The number of nitrogens with zero attached hydrogens (tertiary/aromatic N) is 1. The fourth-order valence-corrected chi connectivity index (χ4v) is 6.58. The van der Waals surface area contributed by atoms with Crippen molar-refractivity contribution in [3.05, 3.63) is 101 Å². The van der Waals surface area contributed by atoms with Crippen LogP contribution in [-0.4, -0.2) is 30.2 Å². The molecule has 6 rings (SSSR count). The molecule has 0 aromatic heterocycles. The summed E-state index contributed by atoms with van der Waals surface area (Å²) in [5.41, 5.74) is 3.48. The molecule has 0 spiro atoms. The largest absolute Gasteiger partial charge is 0.454 e. The SMILES string of the molecule is Cc1ccc(C(=O)COC(=O)c2ccc(N3C(=O)[C@@H]4[C@@H]5C[C@@H]([C@H]4C3=O)[C@@H](c3ccccc3)C5)cc2)cc1. The monoisotopic (exact) mass is 493 g/mol. The van der Waals surface area contributed by atoms with Gasteiger partial charge in [0.05, 0.1) is 23.1 Å². The molecule has 5 atom stereocenters. The number of carbonyl (C=O) groups excluding carboxylic acids is 4. The standard InChI is InChI=1S/C31H27NO5/c1-18-7-9-20(10-8-18)26(33)17-37-31(36)21-11-13-23(14-12-21)32-29(34)27-22-15-24(19-5-3-2-4-6-19)25(16-22)28(27)30(32)35/h2-14,22,24-25,27-28H,15-17H2,1H3/t22-,24+,25+,27+,28+/m0/s1. The molecule has 2 bridgehead atoms. The summed E-state index contributed by atoms with van der Waals surface area (Å²) in [4.78, 5) is 53.0. The molecule has 0 radical (unpaired) electrons. The summed E-state index contributed by atoms with van der Waals surface area (Å²) in [7, 11) is 0. The number of rotatable bonds is 6. The van der Waals surface area contributed by atoms with Gasteiger partial charge < -0.3 is 4.74 Å². The van der Waals surface area contributed by atoms with Crippen molar-refractivity contribution in [2.24, 2.45) is 23.7 Å². The maximum Gasteiger partial charge on any atom is 0.338 e. The summed E-state index contributed by atoms with van der Waals surface area (Å²) in [5.74, 6) is -1.01. The number of esters is 1. The lowest BCUT2D eigenvalue weighted by atomic mass is 9.73. The number of fused-ring (bicyclic) bond motifs is 5. The van der Waals surface area contributed by atoms with Crippen LogP contribution >= 0.6 is 0 Å². The zero-order chi connectivity index (χ0) is 25.7. The number of carbonyl (C=O) groups is 4. The number of hydrogen-bond acceptors (Lipinski definition) is 5. The molecular formula is C31H27NO5. The van der Waals surface area contributed by atoms with Gasteiger partial charge in [-0.15, -0.1) is 0 Å². The Hall–Kier alpha value is -4.06. The maximum atomic E-state index is 13.5. The molecule has 1 heterocycles. The fraction of sp³-hybridized carbons (Fsp3) is 0.290. The van der Waals surface area contributed by atoms with E-state index < -0.39 is 5.97 Å². The van der Waals surface area contributed by atoms with Gasteiger partial charge in [0.2, 0.25) is 11.8 Å². The van der Waals surface area contributed by atoms with E-state index in [0.29, 0.717) is 17.2 Å². The van der Waals surface area contributed by atoms with E-state index in [1.54, 1.807) is 24.3 Å². The van der Waals surface area contributed by atoms with E-state index in [1.165, 1.54) is 22.6 Å². The highest BCUT2D eigenvalue weighted by Gasteiger charge is 2.64. The van der Waals surface area contributed by atoms with Crippen LogP contribution in [0.25, 0.3) is 0 Å². The molecule has 2 aliphatic carbocycles. The van der Waals surface area contributed by atoms with Crippen molar-refractivity contribution in [1.82, 2.24) is 0 Å². The van der Waals surface area contributed by atoms with Crippen molar-refractivity contribution in [3.8, 4) is 0 Å². The Bertz CT molecular complexity index is 1380. The highest BCUT2D eigenvalue weighted by atomic mass is 16.5. The van der Waals surface area contributed by atoms with Gasteiger partial charge in [0.1, 0.15) is 0 Å². The average molecular weight is 494 g/mol. The number of Topliss-reactive ketones (excluding diaryl/α,β-unsaturated/α-hetero) is 1. The molecule has 37 heavy (non-hydrogen) atoms. The average Bonchev–Trinajstić information content (AvgIpc) is 3.59. The van der Waals surface area contributed by atoms with E-state index in [0.717, 1.165) is 18.4 Å². The normalized spacial score (nSPS) is 25.9. The highest BCUT2D eigenvalue weighted by Crippen LogP contribution is 2.61. The zero-order valence-electron chi connectivity index (χ0n) is 20.5. The third kappa shape index (κ3) is 3.97. The van der Waals surface area contributed by atoms with Crippen molar-refractivity contribution >= 4 is 29.3 Å². The van der Waals surface area contributed by atoms with Crippen LogP contribution in [0.4, 0.5) is 5.69 Å². The van der Waals surface area contributed by atoms with E-state index >= 15 is 0 Å². The Morgan fingerprint density at radius 2 is 1.46 bits per heavy atom. The minimum absolute atomic E-state index is 0.131. The third-order valence-corrected chi connectivity index (χ3v) is 8.31. The van der Waals surface area contributed by atoms with Crippen LogP contribution in [0.2, 0.25) is 0 Å². The maximum absolute atomic E-state index is 13.5. The van der Waals surface area contributed by atoms with Gasteiger partial charge >= 0.3 is 5.97 Å². The minimum Gasteiger partial charge on any atom is -0.454 e. The van der Waals surface area contributed by atoms with Crippen LogP contribution in [0.15, 0.2) is 78.9 Å². The Morgan fingerprint density at radius 3 is 2.16 bits per heavy atom. The van der Waals surface area contributed by atoms with Crippen LogP contribution in [0.3, 0.4) is 0 Å². The number of ether oxygens (including phenoxy) is 1. The van der Waals surface area contributed by atoms with Crippen molar-refractivity contribution in [2.75, 3.05) is 11.5 Å². The van der Waals surface area contributed by atoms with Crippen LogP contribution in [-0.2, 0) is 14.3 Å². The van der Waals surface area contributed by atoms with Gasteiger partial charge in [0, 0.05) is 5.56 Å². The first-order chi connectivity index (χ1) is 17.9. The molecule has 3 aromatic rings. The molecule has 3 fully saturated rings. The summed E-state index contributed by atoms with van der Waals surface area (Å²) in [6, 6.07) is 23.6. The topological polar surface area (TPSA) is 80.8 Å². The second-order valence-electron chi connectivity index (χ2n) is 10.4. The molecule has 3 aromatic carbocycles. The van der Waals surface area contributed by atoms with Crippen LogP contribution in [0.1, 0.15) is 50.6 Å². The number of ketones is 1. The number of amides is 2. The second kappa shape index (κ2) is 9.11. The lowest BCUT2D eigenvalue weighted by Gasteiger charge is -2.28. The molecule has 186 valence electrons. The summed E-state index contributed by atoms with van der Waals surface area (Å²) in [6.07, 6.45) is 1.86. The van der Waals surface area contributed by atoms with Gasteiger partial charge in [0.25, 0.3) is 0 Å². The van der Waals surface area contributed by atoms with Gasteiger partial charge in [-0.1, -0.05) is 60.2 Å². The van der Waals surface area contributed by atoms with Crippen LogP contribution in [0, 0.1) is 30.6 Å². The second-order valence-corrected chi connectivity index (χ2v) is 10.4. The van der Waals surface area contributed by atoms with Crippen molar-refractivity contribution in [2.45, 2.75) is 25.7 Å². The van der Waals surface area contributed by atoms with E-state index in [4.69, 9.17) is 4.74 Å². The third-order valence-electron chi connectivity index (χ3n) is 8.31. The Morgan fingerprint density at radius 1 is 0.811 bits per heavy atom.